The molecule has 2 aliphatic rings. The number of hydrogen-bond acceptors (Lipinski definition) is 1. The molecule has 1 heterocycles. The third-order valence-corrected chi connectivity index (χ3v) is 6.85. The highest BCUT2D eigenvalue weighted by Gasteiger charge is 2.62. The summed E-state index contributed by atoms with van der Waals surface area (Å²) in [4.78, 5) is 14.9. The Balaban J connectivity index is 1.91. The number of amides is 1. The molecular formula is C19H26BrNO. The average molecular weight is 364 g/mol. The fourth-order valence-electron chi connectivity index (χ4n) is 4.45. The smallest absolute Gasteiger partial charge is 0.231 e. The lowest BCUT2D eigenvalue weighted by atomic mass is 9.63. The molecule has 2 atom stereocenters. The van der Waals surface area contributed by atoms with Crippen molar-refractivity contribution < 1.29 is 4.79 Å². The zero-order chi connectivity index (χ0) is 16.0. The summed E-state index contributed by atoms with van der Waals surface area (Å²) in [6.07, 6.45) is 6.20. The summed E-state index contributed by atoms with van der Waals surface area (Å²) in [6.45, 7) is 6.40. The van der Waals surface area contributed by atoms with E-state index < -0.39 is 0 Å². The van der Waals surface area contributed by atoms with Crippen LogP contribution in [0.1, 0.15) is 64.5 Å². The zero-order valence-electron chi connectivity index (χ0n) is 13.8. The molecule has 1 aliphatic carbocycles. The minimum absolute atomic E-state index is 0.0890. The van der Waals surface area contributed by atoms with Gasteiger partial charge in [-0.05, 0) is 39.2 Å². The highest BCUT2D eigenvalue weighted by molar-refractivity contribution is 9.10. The first-order valence-corrected chi connectivity index (χ1v) is 9.24. The van der Waals surface area contributed by atoms with E-state index in [0.29, 0.717) is 5.91 Å². The molecule has 0 aromatic heterocycles. The van der Waals surface area contributed by atoms with Crippen molar-refractivity contribution in [2.24, 2.45) is 5.41 Å². The van der Waals surface area contributed by atoms with Crippen LogP contribution in [0.2, 0.25) is 0 Å². The normalized spacial score (nSPS) is 28.1. The van der Waals surface area contributed by atoms with Crippen LogP contribution in [-0.4, -0.2) is 21.2 Å². The van der Waals surface area contributed by atoms with Gasteiger partial charge in [-0.2, -0.15) is 0 Å². The first-order chi connectivity index (χ1) is 10.4. The maximum atomic E-state index is 12.8. The molecule has 1 saturated carbocycles. The molecule has 1 unspecified atom stereocenters. The third-order valence-electron chi connectivity index (χ3n) is 5.62. The molecule has 1 aliphatic heterocycles. The highest BCUT2D eigenvalue weighted by atomic mass is 79.9. The molecule has 22 heavy (non-hydrogen) atoms. The molecule has 2 nitrogen and oxygen atoms in total. The van der Waals surface area contributed by atoms with Gasteiger partial charge in [0.05, 0.1) is 17.5 Å². The second-order valence-electron chi connectivity index (χ2n) is 7.52. The van der Waals surface area contributed by atoms with E-state index >= 15 is 0 Å². The molecular weight excluding hydrogens is 338 g/mol. The van der Waals surface area contributed by atoms with Gasteiger partial charge in [-0.3, -0.25) is 4.79 Å². The lowest BCUT2D eigenvalue weighted by molar-refractivity contribution is -0.177. The lowest BCUT2D eigenvalue weighted by Gasteiger charge is -2.62. The van der Waals surface area contributed by atoms with E-state index in [2.05, 4.69) is 65.9 Å². The maximum absolute atomic E-state index is 12.8. The second-order valence-corrected chi connectivity index (χ2v) is 9.10. The van der Waals surface area contributed by atoms with Gasteiger partial charge >= 0.3 is 0 Å². The van der Waals surface area contributed by atoms with Crippen molar-refractivity contribution in [2.45, 2.75) is 69.3 Å². The number of carbonyl (C=O) groups excluding carboxylic acids is 1. The van der Waals surface area contributed by atoms with Crippen LogP contribution < -0.4 is 0 Å². The number of carbonyl (C=O) groups is 1. The van der Waals surface area contributed by atoms with Crippen molar-refractivity contribution in [3.63, 3.8) is 0 Å². The summed E-state index contributed by atoms with van der Waals surface area (Å²) in [7, 11) is 0. The molecule has 0 radical (unpaired) electrons. The van der Waals surface area contributed by atoms with E-state index in [0.717, 1.165) is 0 Å². The van der Waals surface area contributed by atoms with Gasteiger partial charge in [0.15, 0.2) is 0 Å². The van der Waals surface area contributed by atoms with Crippen molar-refractivity contribution in [1.29, 1.82) is 0 Å². The number of halogens is 1. The molecule has 0 bridgehead atoms. The summed E-state index contributed by atoms with van der Waals surface area (Å²) >= 11 is 4.06. The predicted octanol–water partition coefficient (Wildman–Crippen LogP) is 5.08. The van der Waals surface area contributed by atoms with E-state index in [1.807, 2.05) is 6.07 Å². The molecule has 3 heteroatoms. The molecule has 2 fully saturated rings. The maximum Gasteiger partial charge on any atom is 0.231 e. The van der Waals surface area contributed by atoms with Crippen LogP contribution in [0.15, 0.2) is 30.3 Å². The Bertz CT molecular complexity index is 548. The number of nitrogens with zero attached hydrogens (tertiary/aromatic N) is 1. The summed E-state index contributed by atoms with van der Waals surface area (Å²) in [5.41, 5.74) is 0.965. The minimum atomic E-state index is -0.260. The Morgan fingerprint density at radius 1 is 1.14 bits per heavy atom. The number of rotatable bonds is 3. The number of β-lactam (4-membered cyclic amide) rings is 1. The van der Waals surface area contributed by atoms with E-state index in [-0.39, 0.29) is 21.8 Å². The van der Waals surface area contributed by atoms with Crippen LogP contribution in [0.25, 0.3) is 0 Å². The summed E-state index contributed by atoms with van der Waals surface area (Å²) in [6, 6.07) is 10.8. The largest absolute Gasteiger partial charge is 0.330 e. The summed E-state index contributed by atoms with van der Waals surface area (Å²) < 4.78 is 0.0890. The third kappa shape index (κ3) is 2.42. The Labute approximate surface area is 142 Å². The standard InChI is InChI=1S/C19H26BrNO/c1-14(15-10-6-4-7-11-15)21-16(18(2,3)17(21)22)19(20)12-8-5-9-13-19/h4,6-7,10-11,14,16H,5,8-9,12-13H2,1-3H3/t14-,16?/m0/s1. The Morgan fingerprint density at radius 2 is 1.73 bits per heavy atom. The Kier molecular flexibility index (Phi) is 4.13. The van der Waals surface area contributed by atoms with Crippen molar-refractivity contribution in [2.75, 3.05) is 0 Å². The Hall–Kier alpha value is -0.830. The van der Waals surface area contributed by atoms with Gasteiger partial charge in [-0.15, -0.1) is 0 Å². The van der Waals surface area contributed by atoms with Crippen LogP contribution in [0.4, 0.5) is 0 Å². The fraction of sp³-hybridized carbons (Fsp3) is 0.632. The summed E-state index contributed by atoms with van der Waals surface area (Å²) in [5, 5.41) is 0. The molecule has 120 valence electrons. The number of benzene rings is 1. The molecule has 1 aromatic rings. The second kappa shape index (κ2) is 5.67. The zero-order valence-corrected chi connectivity index (χ0v) is 15.4. The number of likely N-dealkylation sites (tertiary alicyclic amines) is 1. The van der Waals surface area contributed by atoms with Gasteiger partial charge in [0.1, 0.15) is 0 Å². The quantitative estimate of drug-likeness (QED) is 0.541. The van der Waals surface area contributed by atoms with E-state index in [1.165, 1.54) is 37.7 Å². The Morgan fingerprint density at radius 3 is 2.32 bits per heavy atom. The van der Waals surface area contributed by atoms with Crippen LogP contribution in [0, 0.1) is 5.41 Å². The molecule has 1 aromatic carbocycles. The van der Waals surface area contributed by atoms with Gasteiger partial charge in [-0.1, -0.05) is 65.5 Å². The van der Waals surface area contributed by atoms with Crippen LogP contribution in [-0.2, 0) is 4.79 Å². The van der Waals surface area contributed by atoms with Crippen LogP contribution in [0.5, 0.6) is 0 Å². The average Bonchev–Trinajstić information content (AvgIpc) is 2.52. The number of alkyl halides is 1. The lowest BCUT2D eigenvalue weighted by Crippen LogP contribution is -2.73. The van der Waals surface area contributed by atoms with Crippen molar-refractivity contribution in [3.05, 3.63) is 35.9 Å². The monoisotopic (exact) mass is 363 g/mol. The van der Waals surface area contributed by atoms with Crippen molar-refractivity contribution >= 4 is 21.8 Å². The van der Waals surface area contributed by atoms with Crippen LogP contribution in [0.3, 0.4) is 0 Å². The van der Waals surface area contributed by atoms with Gasteiger partial charge in [0.25, 0.3) is 0 Å². The van der Waals surface area contributed by atoms with E-state index in [4.69, 9.17) is 0 Å². The molecule has 0 N–H and O–H groups in total. The van der Waals surface area contributed by atoms with Crippen LogP contribution >= 0.6 is 15.9 Å². The summed E-state index contributed by atoms with van der Waals surface area (Å²) in [5.74, 6) is 0.290. The number of hydrogen-bond donors (Lipinski definition) is 0. The molecule has 1 amide bonds. The van der Waals surface area contributed by atoms with Gasteiger partial charge in [0.2, 0.25) is 5.91 Å². The van der Waals surface area contributed by atoms with Gasteiger partial charge in [-0.25, -0.2) is 0 Å². The van der Waals surface area contributed by atoms with E-state index in [9.17, 15) is 4.79 Å². The molecule has 0 spiro atoms. The first kappa shape index (κ1) is 16.0. The SMILES string of the molecule is C[C@@H](c1ccccc1)N1C(=O)C(C)(C)C1C1(Br)CCCCC1. The minimum Gasteiger partial charge on any atom is -0.330 e. The van der Waals surface area contributed by atoms with Gasteiger partial charge < -0.3 is 4.90 Å². The first-order valence-electron chi connectivity index (χ1n) is 8.44. The molecule has 3 rings (SSSR count). The molecule has 1 saturated heterocycles. The van der Waals surface area contributed by atoms with Gasteiger partial charge in [0, 0.05) is 4.32 Å². The highest BCUT2D eigenvalue weighted by Crippen LogP contribution is 2.55. The predicted molar refractivity (Wildman–Crippen MR) is 94.0 cm³/mol. The van der Waals surface area contributed by atoms with Crippen molar-refractivity contribution in [3.8, 4) is 0 Å². The van der Waals surface area contributed by atoms with E-state index in [1.54, 1.807) is 0 Å². The fourth-order valence-corrected chi connectivity index (χ4v) is 5.80. The van der Waals surface area contributed by atoms with Crippen molar-refractivity contribution in [1.82, 2.24) is 4.90 Å². The topological polar surface area (TPSA) is 20.3 Å².